The Kier molecular flexibility index (Phi) is 13.3. The average Bonchev–Trinajstić information content (AvgIpc) is 2.81. The van der Waals surface area contributed by atoms with E-state index in [0.717, 1.165) is 34.5 Å². The molecule has 0 amide bonds. The molecule has 0 aliphatic rings. The van der Waals surface area contributed by atoms with Crippen molar-refractivity contribution in [2.75, 3.05) is 26.1 Å². The van der Waals surface area contributed by atoms with E-state index in [0.29, 0.717) is 5.56 Å². The van der Waals surface area contributed by atoms with E-state index in [9.17, 15) is 14.4 Å². The van der Waals surface area contributed by atoms with Crippen LogP contribution in [0.25, 0.3) is 11.1 Å². The summed E-state index contributed by atoms with van der Waals surface area (Å²) in [6.45, 7) is 8.85. The second kappa shape index (κ2) is 15.6. The number of methoxy groups -OCH3 is 1. The van der Waals surface area contributed by atoms with Crippen LogP contribution in [0.5, 0.6) is 5.75 Å². The van der Waals surface area contributed by atoms with Crippen molar-refractivity contribution in [1.82, 2.24) is 0 Å². The van der Waals surface area contributed by atoms with Crippen LogP contribution in [-0.4, -0.2) is 45.2 Å². The number of hydrogen-bond donors (Lipinski definition) is 0. The van der Waals surface area contributed by atoms with Gasteiger partial charge in [0.05, 0.1) is 24.5 Å². The Morgan fingerprint density at radius 1 is 0.944 bits per heavy atom. The number of hydrogen-bond acceptors (Lipinski definition) is 7. The SMILES string of the molecule is CC(=O)OC(C)=O.CCCCCC[C@@H](C)Oc1cc(C)c(-c2ccc(C(=O)OC)cc2)cc1N(C)C. The third-order valence-corrected chi connectivity index (χ3v) is 5.48. The maximum atomic E-state index is 11.7. The summed E-state index contributed by atoms with van der Waals surface area (Å²) in [5, 5.41) is 0. The lowest BCUT2D eigenvalue weighted by Crippen LogP contribution is -2.16. The second-order valence-corrected chi connectivity index (χ2v) is 8.96. The normalized spacial score (nSPS) is 11.0. The van der Waals surface area contributed by atoms with Crippen molar-refractivity contribution in [2.24, 2.45) is 0 Å². The van der Waals surface area contributed by atoms with Crippen molar-refractivity contribution in [3.63, 3.8) is 0 Å². The van der Waals surface area contributed by atoms with Crippen LogP contribution in [0.3, 0.4) is 0 Å². The van der Waals surface area contributed by atoms with Gasteiger partial charge in [0.2, 0.25) is 0 Å². The maximum absolute atomic E-state index is 11.7. The molecule has 0 unspecified atom stereocenters. The van der Waals surface area contributed by atoms with Crippen LogP contribution < -0.4 is 9.64 Å². The first-order valence-corrected chi connectivity index (χ1v) is 12.4. The Bertz CT molecular complexity index is 986. The molecule has 7 heteroatoms. The zero-order valence-electron chi connectivity index (χ0n) is 23.0. The number of nitrogens with zero attached hydrogens (tertiary/aromatic N) is 1. The van der Waals surface area contributed by atoms with Crippen LogP contribution in [0.2, 0.25) is 0 Å². The second-order valence-electron chi connectivity index (χ2n) is 8.96. The standard InChI is InChI=1S/C25H35NO3.C4H6O3/c1-7-8-9-10-11-19(3)29-24-16-18(2)22(17-23(24)26(4)5)20-12-14-21(15-13-20)25(27)28-6;1-3(5)7-4(2)6/h12-17,19H,7-11H2,1-6H3;1-2H3/t19-;/m1./s1. The van der Waals surface area contributed by atoms with Gasteiger partial charge in [-0.3, -0.25) is 9.59 Å². The van der Waals surface area contributed by atoms with E-state index in [1.165, 1.54) is 46.6 Å². The summed E-state index contributed by atoms with van der Waals surface area (Å²) in [5.41, 5.74) is 4.96. The van der Waals surface area contributed by atoms with Crippen LogP contribution in [0.1, 0.15) is 75.7 Å². The van der Waals surface area contributed by atoms with Gasteiger partial charge in [0, 0.05) is 27.9 Å². The van der Waals surface area contributed by atoms with Gasteiger partial charge < -0.3 is 19.1 Å². The van der Waals surface area contributed by atoms with Gasteiger partial charge in [-0.15, -0.1) is 0 Å². The van der Waals surface area contributed by atoms with Crippen molar-refractivity contribution < 1.29 is 28.6 Å². The maximum Gasteiger partial charge on any atom is 0.337 e. The molecule has 198 valence electrons. The van der Waals surface area contributed by atoms with Crippen LogP contribution >= 0.6 is 0 Å². The highest BCUT2D eigenvalue weighted by Crippen LogP contribution is 2.36. The molecular weight excluding hydrogens is 458 g/mol. The number of ether oxygens (including phenoxy) is 3. The number of aryl methyl sites for hydroxylation is 1. The predicted octanol–water partition coefficient (Wildman–Crippen LogP) is 6.35. The van der Waals surface area contributed by atoms with E-state index in [1.54, 1.807) is 12.1 Å². The van der Waals surface area contributed by atoms with Crippen LogP contribution in [0.15, 0.2) is 36.4 Å². The van der Waals surface area contributed by atoms with E-state index < -0.39 is 11.9 Å². The molecule has 0 saturated heterocycles. The first-order valence-electron chi connectivity index (χ1n) is 12.4. The van der Waals surface area contributed by atoms with Gasteiger partial charge in [0.15, 0.2) is 0 Å². The Labute approximate surface area is 215 Å². The molecule has 36 heavy (non-hydrogen) atoms. The molecule has 0 aliphatic heterocycles. The molecule has 2 aromatic rings. The largest absolute Gasteiger partial charge is 0.489 e. The van der Waals surface area contributed by atoms with Gasteiger partial charge in [-0.1, -0.05) is 38.3 Å². The summed E-state index contributed by atoms with van der Waals surface area (Å²) in [7, 11) is 5.47. The van der Waals surface area contributed by atoms with Crippen LogP contribution in [0, 0.1) is 6.92 Å². The monoisotopic (exact) mass is 499 g/mol. The number of carbonyl (C=O) groups is 3. The van der Waals surface area contributed by atoms with E-state index in [4.69, 9.17) is 9.47 Å². The van der Waals surface area contributed by atoms with Crippen LogP contribution in [0.4, 0.5) is 5.69 Å². The summed E-state index contributed by atoms with van der Waals surface area (Å²) >= 11 is 0. The highest BCUT2D eigenvalue weighted by Gasteiger charge is 2.15. The minimum absolute atomic E-state index is 0.190. The summed E-state index contributed by atoms with van der Waals surface area (Å²) in [4.78, 5) is 33.4. The molecule has 0 spiro atoms. The molecular formula is C29H41NO6. The van der Waals surface area contributed by atoms with Crippen molar-refractivity contribution >= 4 is 23.6 Å². The number of esters is 3. The lowest BCUT2D eigenvalue weighted by atomic mass is 9.98. The minimum Gasteiger partial charge on any atom is -0.489 e. The third-order valence-electron chi connectivity index (χ3n) is 5.48. The number of benzene rings is 2. The lowest BCUT2D eigenvalue weighted by molar-refractivity contribution is -0.156. The highest BCUT2D eigenvalue weighted by molar-refractivity contribution is 5.90. The van der Waals surface area contributed by atoms with Gasteiger partial charge in [-0.2, -0.15) is 0 Å². The molecule has 0 aliphatic carbocycles. The third kappa shape index (κ3) is 10.5. The first-order chi connectivity index (χ1) is 17.0. The summed E-state index contributed by atoms with van der Waals surface area (Å²) in [5.74, 6) is -0.524. The molecule has 2 aromatic carbocycles. The quantitative estimate of drug-likeness (QED) is 0.214. The predicted molar refractivity (Wildman–Crippen MR) is 144 cm³/mol. The molecule has 7 nitrogen and oxygen atoms in total. The fraction of sp³-hybridized carbons (Fsp3) is 0.483. The number of unbranched alkanes of at least 4 members (excludes halogenated alkanes) is 3. The van der Waals surface area contributed by atoms with Gasteiger partial charge in [0.1, 0.15) is 5.75 Å². The van der Waals surface area contributed by atoms with Gasteiger partial charge in [-0.25, -0.2) is 4.79 Å². The Balaban J connectivity index is 0.000000809. The Morgan fingerprint density at radius 3 is 2.03 bits per heavy atom. The number of carbonyl (C=O) groups excluding carboxylic acids is 3. The first kappa shape index (κ1) is 30.7. The zero-order valence-corrected chi connectivity index (χ0v) is 23.0. The Morgan fingerprint density at radius 2 is 1.56 bits per heavy atom. The summed E-state index contributed by atoms with van der Waals surface area (Å²) in [6.07, 6.45) is 6.28. The smallest absolute Gasteiger partial charge is 0.337 e. The molecule has 1 atom stereocenters. The summed E-state index contributed by atoms with van der Waals surface area (Å²) in [6, 6.07) is 11.8. The fourth-order valence-corrected chi connectivity index (χ4v) is 3.67. The van der Waals surface area contributed by atoms with Crippen molar-refractivity contribution in [1.29, 1.82) is 0 Å². The molecule has 0 saturated carbocycles. The molecule has 0 fully saturated rings. The van der Waals surface area contributed by atoms with Gasteiger partial charge in [0.25, 0.3) is 0 Å². The van der Waals surface area contributed by atoms with E-state index >= 15 is 0 Å². The zero-order chi connectivity index (χ0) is 27.3. The molecule has 0 heterocycles. The van der Waals surface area contributed by atoms with E-state index in [-0.39, 0.29) is 12.1 Å². The molecule has 2 rings (SSSR count). The van der Waals surface area contributed by atoms with Crippen molar-refractivity contribution in [3.05, 3.63) is 47.5 Å². The van der Waals surface area contributed by atoms with Crippen molar-refractivity contribution in [3.8, 4) is 16.9 Å². The minimum atomic E-state index is -0.562. The topological polar surface area (TPSA) is 82.1 Å². The summed E-state index contributed by atoms with van der Waals surface area (Å²) < 4.78 is 15.1. The highest BCUT2D eigenvalue weighted by atomic mass is 16.6. The lowest BCUT2D eigenvalue weighted by Gasteiger charge is -2.23. The van der Waals surface area contributed by atoms with Crippen LogP contribution in [-0.2, 0) is 19.1 Å². The molecule has 0 bridgehead atoms. The molecule has 0 aromatic heterocycles. The molecule has 0 radical (unpaired) electrons. The fourth-order valence-electron chi connectivity index (χ4n) is 3.67. The van der Waals surface area contributed by atoms with E-state index in [1.807, 2.05) is 26.2 Å². The van der Waals surface area contributed by atoms with Crippen molar-refractivity contribution in [2.45, 2.75) is 72.8 Å². The Hall–Kier alpha value is -3.35. The van der Waals surface area contributed by atoms with Gasteiger partial charge in [-0.05, 0) is 67.6 Å². The number of rotatable bonds is 10. The van der Waals surface area contributed by atoms with Gasteiger partial charge >= 0.3 is 17.9 Å². The number of anilines is 1. The molecule has 0 N–H and O–H groups in total. The average molecular weight is 500 g/mol. The van der Waals surface area contributed by atoms with E-state index in [2.05, 4.69) is 42.5 Å².